The van der Waals surface area contributed by atoms with Crippen molar-refractivity contribution in [3.63, 3.8) is 0 Å². The molecular formula is C23H24N2O6S. The van der Waals surface area contributed by atoms with Crippen LogP contribution in [0, 0.1) is 0 Å². The van der Waals surface area contributed by atoms with Crippen LogP contribution in [0.3, 0.4) is 0 Å². The van der Waals surface area contributed by atoms with Crippen molar-refractivity contribution in [2.75, 3.05) is 51.8 Å². The van der Waals surface area contributed by atoms with Gasteiger partial charge in [0.25, 0.3) is 5.91 Å². The molecule has 0 N–H and O–H groups in total. The van der Waals surface area contributed by atoms with Gasteiger partial charge < -0.3 is 28.7 Å². The monoisotopic (exact) mass is 456 g/mol. The normalized spacial score (nSPS) is 19.4. The Kier molecular flexibility index (Phi) is 5.98. The minimum absolute atomic E-state index is 0.0585. The van der Waals surface area contributed by atoms with E-state index in [1.54, 1.807) is 11.0 Å². The van der Waals surface area contributed by atoms with Gasteiger partial charge in [0.05, 0.1) is 5.75 Å². The van der Waals surface area contributed by atoms with Gasteiger partial charge in [0.2, 0.25) is 12.0 Å². The number of hydrogen-bond acceptors (Lipinski definition) is 7. The molecule has 2 aromatic carbocycles. The van der Waals surface area contributed by atoms with Gasteiger partial charge in [0, 0.05) is 31.1 Å². The molecule has 2 amide bonds. The number of piperazine rings is 1. The molecule has 0 aliphatic carbocycles. The van der Waals surface area contributed by atoms with Crippen LogP contribution in [0.4, 0.5) is 0 Å². The van der Waals surface area contributed by atoms with E-state index in [0.717, 1.165) is 16.4 Å². The zero-order valence-electron chi connectivity index (χ0n) is 17.5. The van der Waals surface area contributed by atoms with Crippen molar-refractivity contribution in [3.05, 3.63) is 42.5 Å². The summed E-state index contributed by atoms with van der Waals surface area (Å²) in [6, 6.07) is 13.1. The second kappa shape index (κ2) is 9.20. The van der Waals surface area contributed by atoms with Crippen LogP contribution in [0.5, 0.6) is 23.0 Å². The number of hydrogen-bond donors (Lipinski definition) is 0. The Hall–Kier alpha value is -3.07. The van der Waals surface area contributed by atoms with Gasteiger partial charge in [-0.05, 0) is 30.3 Å². The predicted molar refractivity (Wildman–Crippen MR) is 118 cm³/mol. The number of carbonyl (C=O) groups excluding carboxylic acids is 2. The second-order valence-electron chi connectivity index (χ2n) is 7.66. The topological polar surface area (TPSA) is 77.5 Å². The van der Waals surface area contributed by atoms with Crippen LogP contribution < -0.4 is 18.9 Å². The molecule has 0 spiro atoms. The standard InChI is InChI=1S/C23H24N2O6S/c26-22(15-32-16-5-6-18-20(13-16)29-12-11-28-18)24-7-9-25(10-8-24)23(27)21-14-30-17-3-1-2-4-19(17)31-21/h1-6,13,21H,7-12,14-15H2. The number of rotatable bonds is 4. The number of para-hydroxylation sites is 2. The van der Waals surface area contributed by atoms with Crippen molar-refractivity contribution in [2.24, 2.45) is 0 Å². The van der Waals surface area contributed by atoms with Gasteiger partial charge in [-0.1, -0.05) is 12.1 Å². The number of fused-ring (bicyclic) bond motifs is 2. The van der Waals surface area contributed by atoms with E-state index < -0.39 is 6.10 Å². The lowest BCUT2D eigenvalue weighted by molar-refractivity contribution is -0.145. The minimum Gasteiger partial charge on any atom is -0.486 e. The molecule has 2 aromatic rings. The molecule has 3 heterocycles. The Bertz CT molecular complexity index is 1010. The van der Waals surface area contributed by atoms with E-state index in [1.807, 2.05) is 41.3 Å². The number of ether oxygens (including phenoxy) is 4. The van der Waals surface area contributed by atoms with Crippen LogP contribution in [0.1, 0.15) is 0 Å². The SMILES string of the molecule is O=C(CSc1ccc2c(c1)OCCO2)N1CCN(C(=O)C2COc3ccccc3O2)CC1. The quantitative estimate of drug-likeness (QED) is 0.652. The van der Waals surface area contributed by atoms with Crippen LogP contribution in [-0.4, -0.2) is 79.5 Å². The number of carbonyl (C=O) groups is 2. The first-order valence-corrected chi connectivity index (χ1v) is 11.6. The van der Waals surface area contributed by atoms with Gasteiger partial charge in [-0.15, -0.1) is 11.8 Å². The average Bonchev–Trinajstić information content (AvgIpc) is 2.86. The molecule has 168 valence electrons. The predicted octanol–water partition coefficient (Wildman–Crippen LogP) is 2.06. The summed E-state index contributed by atoms with van der Waals surface area (Å²) in [7, 11) is 0. The van der Waals surface area contributed by atoms with Gasteiger partial charge in [-0.25, -0.2) is 0 Å². The summed E-state index contributed by atoms with van der Waals surface area (Å²) in [5, 5.41) is 0. The van der Waals surface area contributed by atoms with Crippen LogP contribution in [0.2, 0.25) is 0 Å². The molecule has 0 saturated carbocycles. The maximum atomic E-state index is 12.9. The van der Waals surface area contributed by atoms with E-state index in [0.29, 0.717) is 56.6 Å². The molecule has 32 heavy (non-hydrogen) atoms. The summed E-state index contributed by atoms with van der Waals surface area (Å²) >= 11 is 1.47. The molecule has 3 aliphatic heterocycles. The van der Waals surface area contributed by atoms with Crippen molar-refractivity contribution < 1.29 is 28.5 Å². The summed E-state index contributed by atoms with van der Waals surface area (Å²) in [5.41, 5.74) is 0. The zero-order chi connectivity index (χ0) is 21.9. The number of nitrogens with zero attached hydrogens (tertiary/aromatic N) is 2. The van der Waals surface area contributed by atoms with E-state index in [2.05, 4.69) is 0 Å². The highest BCUT2D eigenvalue weighted by atomic mass is 32.2. The molecule has 9 heteroatoms. The maximum Gasteiger partial charge on any atom is 0.267 e. The first-order valence-electron chi connectivity index (χ1n) is 10.6. The molecular weight excluding hydrogens is 432 g/mol. The van der Waals surface area contributed by atoms with Gasteiger partial charge in [0.15, 0.2) is 23.0 Å². The van der Waals surface area contributed by atoms with Crippen molar-refractivity contribution in [1.82, 2.24) is 9.80 Å². The summed E-state index contributed by atoms with van der Waals surface area (Å²) in [4.78, 5) is 30.1. The van der Waals surface area contributed by atoms with Crippen LogP contribution in [0.15, 0.2) is 47.4 Å². The molecule has 1 unspecified atom stereocenters. The summed E-state index contributed by atoms with van der Waals surface area (Å²) in [6.45, 7) is 3.28. The van der Waals surface area contributed by atoms with Crippen molar-refractivity contribution in [2.45, 2.75) is 11.0 Å². The van der Waals surface area contributed by atoms with Gasteiger partial charge in [0.1, 0.15) is 19.8 Å². The smallest absolute Gasteiger partial charge is 0.267 e. The highest BCUT2D eigenvalue weighted by Gasteiger charge is 2.33. The van der Waals surface area contributed by atoms with E-state index in [9.17, 15) is 9.59 Å². The molecule has 0 radical (unpaired) electrons. The highest BCUT2D eigenvalue weighted by molar-refractivity contribution is 8.00. The Morgan fingerprint density at radius 1 is 0.844 bits per heavy atom. The minimum atomic E-state index is -0.655. The Morgan fingerprint density at radius 2 is 1.53 bits per heavy atom. The van der Waals surface area contributed by atoms with E-state index >= 15 is 0 Å². The average molecular weight is 457 g/mol. The Morgan fingerprint density at radius 3 is 2.34 bits per heavy atom. The molecule has 1 fully saturated rings. The summed E-state index contributed by atoms with van der Waals surface area (Å²) < 4.78 is 22.6. The highest BCUT2D eigenvalue weighted by Crippen LogP contribution is 2.34. The van der Waals surface area contributed by atoms with Crippen LogP contribution in [-0.2, 0) is 9.59 Å². The van der Waals surface area contributed by atoms with Gasteiger partial charge >= 0.3 is 0 Å². The van der Waals surface area contributed by atoms with Crippen molar-refractivity contribution in [3.8, 4) is 23.0 Å². The van der Waals surface area contributed by atoms with E-state index in [-0.39, 0.29) is 18.4 Å². The molecule has 1 saturated heterocycles. The first-order chi connectivity index (χ1) is 15.7. The zero-order valence-corrected chi connectivity index (χ0v) is 18.3. The summed E-state index contributed by atoms with van der Waals surface area (Å²) in [6.07, 6.45) is -0.655. The third-order valence-corrected chi connectivity index (χ3v) is 6.58. The largest absolute Gasteiger partial charge is 0.486 e. The Labute approximate surface area is 190 Å². The fraction of sp³-hybridized carbons (Fsp3) is 0.391. The second-order valence-corrected chi connectivity index (χ2v) is 8.71. The third-order valence-electron chi connectivity index (χ3n) is 5.60. The van der Waals surface area contributed by atoms with E-state index in [1.165, 1.54) is 11.8 Å². The number of benzene rings is 2. The summed E-state index contributed by atoms with van der Waals surface area (Å²) in [5.74, 6) is 3.00. The Balaban J connectivity index is 1.10. The van der Waals surface area contributed by atoms with Gasteiger partial charge in [-0.3, -0.25) is 9.59 Å². The van der Waals surface area contributed by atoms with Crippen LogP contribution in [0.25, 0.3) is 0 Å². The van der Waals surface area contributed by atoms with E-state index in [4.69, 9.17) is 18.9 Å². The maximum absolute atomic E-state index is 12.9. The van der Waals surface area contributed by atoms with Gasteiger partial charge in [-0.2, -0.15) is 0 Å². The fourth-order valence-corrected chi connectivity index (χ4v) is 4.70. The molecule has 5 rings (SSSR count). The third kappa shape index (κ3) is 4.43. The van der Waals surface area contributed by atoms with Crippen LogP contribution >= 0.6 is 11.8 Å². The molecule has 0 aromatic heterocycles. The first kappa shape index (κ1) is 20.8. The molecule has 0 bridgehead atoms. The van der Waals surface area contributed by atoms with Crippen molar-refractivity contribution >= 4 is 23.6 Å². The number of thioether (sulfide) groups is 1. The molecule has 1 atom stereocenters. The van der Waals surface area contributed by atoms with Crippen molar-refractivity contribution in [1.29, 1.82) is 0 Å². The lowest BCUT2D eigenvalue weighted by Crippen LogP contribution is -2.55. The lowest BCUT2D eigenvalue weighted by Gasteiger charge is -2.37. The molecule has 8 nitrogen and oxygen atoms in total. The number of amides is 2. The molecule has 3 aliphatic rings. The lowest BCUT2D eigenvalue weighted by atomic mass is 10.2. The fourth-order valence-electron chi connectivity index (χ4n) is 3.87.